The van der Waals surface area contributed by atoms with Gasteiger partial charge in [-0.25, -0.2) is 0 Å². The Bertz CT molecular complexity index is 732. The number of phenols is 1. The quantitative estimate of drug-likeness (QED) is 0.846. The summed E-state index contributed by atoms with van der Waals surface area (Å²) < 4.78 is 43.3. The van der Waals surface area contributed by atoms with Crippen LogP contribution in [0.25, 0.3) is 11.3 Å². The fourth-order valence-electron chi connectivity index (χ4n) is 2.43. The van der Waals surface area contributed by atoms with E-state index in [0.29, 0.717) is 30.4 Å². The number of nitrogens with two attached hydrogens (primary N) is 1. The van der Waals surface area contributed by atoms with E-state index in [0.717, 1.165) is 11.6 Å². The predicted octanol–water partition coefficient (Wildman–Crippen LogP) is 2.52. The molecule has 1 aromatic heterocycles. The molecule has 2 aromatic rings. The van der Waals surface area contributed by atoms with E-state index >= 15 is 0 Å². The van der Waals surface area contributed by atoms with Crippen molar-refractivity contribution in [3.8, 4) is 17.0 Å². The van der Waals surface area contributed by atoms with Gasteiger partial charge < -0.3 is 15.6 Å². The van der Waals surface area contributed by atoms with Crippen LogP contribution in [0.15, 0.2) is 18.2 Å². The minimum atomic E-state index is -4.52. The minimum absolute atomic E-state index is 0.193. The summed E-state index contributed by atoms with van der Waals surface area (Å²) in [7, 11) is 0. The lowest BCUT2D eigenvalue weighted by molar-refractivity contribution is -0.137. The lowest BCUT2D eigenvalue weighted by atomic mass is 9.97. The molecule has 0 aliphatic carbocycles. The molecule has 0 spiro atoms. The number of halogens is 3. The Morgan fingerprint density at radius 2 is 1.95 bits per heavy atom. The molecular weight excluding hydrogens is 299 g/mol. The first kappa shape index (κ1) is 14.6. The fraction of sp³-hybridized carbons (Fsp3) is 0.286. The number of phenolic OH excluding ortho intramolecular Hbond substituents is 1. The monoisotopic (exact) mass is 311 g/mol. The Hall–Kier alpha value is -2.35. The lowest BCUT2D eigenvalue weighted by Crippen LogP contribution is -2.16. The molecule has 0 radical (unpaired) electrons. The number of rotatable bonds is 1. The lowest BCUT2D eigenvalue weighted by Gasteiger charge is -2.20. The fourth-order valence-corrected chi connectivity index (χ4v) is 2.43. The Morgan fingerprint density at radius 1 is 1.18 bits per heavy atom. The summed E-state index contributed by atoms with van der Waals surface area (Å²) in [5.74, 6) is -0.271. The standard InChI is InChI=1S/C14H12F3N3O2/c15-14(16,17)7-1-2-9(11(21)5-7)12-8-3-4-22-6-10(8)13(18)20-19-12/h1-2,5,21H,3-4,6H2,(H2,18,20). The number of anilines is 1. The van der Waals surface area contributed by atoms with Crippen LogP contribution in [0.5, 0.6) is 5.75 Å². The molecule has 2 heterocycles. The average Bonchev–Trinajstić information content (AvgIpc) is 2.47. The van der Waals surface area contributed by atoms with Crippen molar-refractivity contribution in [3.63, 3.8) is 0 Å². The van der Waals surface area contributed by atoms with Gasteiger partial charge in [-0.1, -0.05) is 0 Å². The average molecular weight is 311 g/mol. The molecule has 22 heavy (non-hydrogen) atoms. The maximum Gasteiger partial charge on any atom is 0.416 e. The predicted molar refractivity (Wildman–Crippen MR) is 71.9 cm³/mol. The van der Waals surface area contributed by atoms with Crippen molar-refractivity contribution in [1.82, 2.24) is 10.2 Å². The second-order valence-electron chi connectivity index (χ2n) is 4.92. The zero-order valence-electron chi connectivity index (χ0n) is 11.3. The normalized spacial score (nSPS) is 14.7. The molecule has 5 nitrogen and oxygen atoms in total. The summed E-state index contributed by atoms with van der Waals surface area (Å²) in [6, 6.07) is 2.77. The van der Waals surface area contributed by atoms with Gasteiger partial charge in [-0.05, 0) is 30.2 Å². The molecule has 0 atom stereocenters. The summed E-state index contributed by atoms with van der Waals surface area (Å²) in [5.41, 5.74) is 6.75. The Morgan fingerprint density at radius 3 is 2.64 bits per heavy atom. The topological polar surface area (TPSA) is 81.3 Å². The molecule has 8 heteroatoms. The van der Waals surface area contributed by atoms with Gasteiger partial charge >= 0.3 is 6.18 Å². The van der Waals surface area contributed by atoms with Gasteiger partial charge in [0.15, 0.2) is 5.82 Å². The van der Waals surface area contributed by atoms with E-state index in [1.54, 1.807) is 0 Å². The Labute approximate surface area is 123 Å². The van der Waals surface area contributed by atoms with Gasteiger partial charge in [0.25, 0.3) is 0 Å². The number of ether oxygens (including phenoxy) is 1. The molecule has 1 aliphatic rings. The van der Waals surface area contributed by atoms with Crippen LogP contribution in [0.1, 0.15) is 16.7 Å². The molecule has 0 fully saturated rings. The summed E-state index contributed by atoms with van der Waals surface area (Å²) in [6.07, 6.45) is -4.01. The third kappa shape index (κ3) is 2.45. The molecule has 0 saturated heterocycles. The van der Waals surface area contributed by atoms with E-state index in [2.05, 4.69) is 10.2 Å². The van der Waals surface area contributed by atoms with Crippen molar-refractivity contribution in [1.29, 1.82) is 0 Å². The summed E-state index contributed by atoms with van der Waals surface area (Å²) in [4.78, 5) is 0. The van der Waals surface area contributed by atoms with Gasteiger partial charge in [0.1, 0.15) is 11.4 Å². The number of nitrogens with zero attached hydrogens (tertiary/aromatic N) is 2. The molecule has 1 aromatic carbocycles. The molecule has 0 bridgehead atoms. The van der Waals surface area contributed by atoms with E-state index in [1.165, 1.54) is 6.07 Å². The van der Waals surface area contributed by atoms with Gasteiger partial charge in [-0.3, -0.25) is 0 Å². The van der Waals surface area contributed by atoms with Gasteiger partial charge in [0, 0.05) is 11.1 Å². The first-order valence-electron chi connectivity index (χ1n) is 6.50. The third-order valence-electron chi connectivity index (χ3n) is 3.54. The van der Waals surface area contributed by atoms with Crippen LogP contribution in [-0.4, -0.2) is 21.9 Å². The van der Waals surface area contributed by atoms with E-state index in [1.807, 2.05) is 0 Å². The zero-order valence-corrected chi connectivity index (χ0v) is 11.3. The van der Waals surface area contributed by atoms with Gasteiger partial charge in [0.2, 0.25) is 0 Å². The molecular formula is C14H12F3N3O2. The number of benzene rings is 1. The summed E-state index contributed by atoms with van der Waals surface area (Å²) in [6.45, 7) is 0.720. The van der Waals surface area contributed by atoms with Crippen molar-refractivity contribution in [2.45, 2.75) is 19.2 Å². The van der Waals surface area contributed by atoms with Crippen molar-refractivity contribution in [2.75, 3.05) is 12.3 Å². The first-order valence-corrected chi connectivity index (χ1v) is 6.50. The minimum Gasteiger partial charge on any atom is -0.507 e. The number of alkyl halides is 3. The van der Waals surface area contributed by atoms with E-state index in [4.69, 9.17) is 10.5 Å². The number of hydrogen-bond acceptors (Lipinski definition) is 5. The Balaban J connectivity index is 2.13. The van der Waals surface area contributed by atoms with Crippen molar-refractivity contribution >= 4 is 5.82 Å². The maximum absolute atomic E-state index is 12.7. The van der Waals surface area contributed by atoms with Crippen LogP contribution in [-0.2, 0) is 23.9 Å². The highest BCUT2D eigenvalue weighted by Crippen LogP contribution is 2.38. The maximum atomic E-state index is 12.7. The van der Waals surface area contributed by atoms with Gasteiger partial charge in [0.05, 0.1) is 18.8 Å². The molecule has 0 amide bonds. The third-order valence-corrected chi connectivity index (χ3v) is 3.54. The molecule has 3 N–H and O–H groups in total. The van der Waals surface area contributed by atoms with E-state index in [-0.39, 0.29) is 18.0 Å². The molecule has 116 valence electrons. The van der Waals surface area contributed by atoms with Crippen LogP contribution in [0, 0.1) is 0 Å². The second-order valence-corrected chi connectivity index (χ2v) is 4.92. The van der Waals surface area contributed by atoms with Crippen molar-refractivity contribution in [2.24, 2.45) is 0 Å². The molecule has 1 aliphatic heterocycles. The molecule has 0 saturated carbocycles. The Kier molecular flexibility index (Phi) is 3.40. The first-order chi connectivity index (χ1) is 10.4. The van der Waals surface area contributed by atoms with Crippen LogP contribution in [0.2, 0.25) is 0 Å². The van der Waals surface area contributed by atoms with Crippen molar-refractivity contribution < 1.29 is 23.0 Å². The van der Waals surface area contributed by atoms with E-state index < -0.39 is 17.5 Å². The van der Waals surface area contributed by atoms with Gasteiger partial charge in [-0.15, -0.1) is 10.2 Å². The van der Waals surface area contributed by atoms with Crippen LogP contribution in [0.3, 0.4) is 0 Å². The number of fused-ring (bicyclic) bond motifs is 1. The van der Waals surface area contributed by atoms with Crippen LogP contribution >= 0.6 is 0 Å². The highest BCUT2D eigenvalue weighted by Gasteiger charge is 2.31. The van der Waals surface area contributed by atoms with Crippen molar-refractivity contribution in [3.05, 3.63) is 34.9 Å². The van der Waals surface area contributed by atoms with E-state index in [9.17, 15) is 18.3 Å². The summed E-state index contributed by atoms with van der Waals surface area (Å²) >= 11 is 0. The SMILES string of the molecule is Nc1nnc(-c2ccc(C(F)(F)F)cc2O)c2c1COCC2. The highest BCUT2D eigenvalue weighted by molar-refractivity contribution is 5.72. The number of aromatic hydroxyl groups is 1. The van der Waals surface area contributed by atoms with Crippen LogP contribution < -0.4 is 5.73 Å². The zero-order chi connectivity index (χ0) is 15.9. The summed E-state index contributed by atoms with van der Waals surface area (Å²) in [5, 5.41) is 17.7. The van der Waals surface area contributed by atoms with Crippen LogP contribution in [0.4, 0.5) is 19.0 Å². The van der Waals surface area contributed by atoms with Gasteiger partial charge in [-0.2, -0.15) is 13.2 Å². The molecule has 0 unspecified atom stereocenters. The smallest absolute Gasteiger partial charge is 0.416 e. The largest absolute Gasteiger partial charge is 0.507 e. The molecule has 3 rings (SSSR count). The number of aromatic nitrogens is 2. The highest BCUT2D eigenvalue weighted by atomic mass is 19.4. The number of hydrogen-bond donors (Lipinski definition) is 2. The number of nitrogen functional groups attached to an aromatic ring is 1. The second kappa shape index (κ2) is 5.13.